The molecule has 1 amide bonds. The van der Waals surface area contributed by atoms with E-state index in [0.29, 0.717) is 12.5 Å². The molecule has 0 bridgehead atoms. The van der Waals surface area contributed by atoms with Crippen molar-refractivity contribution in [3.05, 3.63) is 30.1 Å². The van der Waals surface area contributed by atoms with Crippen LogP contribution in [0.2, 0.25) is 0 Å². The van der Waals surface area contributed by atoms with Crippen LogP contribution < -0.4 is 4.74 Å². The molecule has 0 spiro atoms. The molecule has 2 atom stereocenters. The Kier molecular flexibility index (Phi) is 7.25. The summed E-state index contributed by atoms with van der Waals surface area (Å²) < 4.78 is 10.9. The number of amides is 1. The fraction of sp³-hybridized carbons (Fsp3) is 0.579. The monoisotopic (exact) mass is 332 g/mol. The van der Waals surface area contributed by atoms with Crippen molar-refractivity contribution in [3.8, 4) is 5.75 Å². The van der Waals surface area contributed by atoms with Crippen LogP contribution >= 0.6 is 0 Å². The van der Waals surface area contributed by atoms with Gasteiger partial charge in [0, 0.05) is 26.3 Å². The van der Waals surface area contributed by atoms with Crippen LogP contribution in [0.15, 0.2) is 24.5 Å². The topological polar surface area (TPSA) is 51.7 Å². The quantitative estimate of drug-likeness (QED) is 0.734. The first-order valence-corrected chi connectivity index (χ1v) is 8.67. The third-order valence-corrected chi connectivity index (χ3v) is 4.35. The molecule has 132 valence electrons. The van der Waals surface area contributed by atoms with Gasteiger partial charge in [0.15, 0.2) is 0 Å². The molecule has 0 unspecified atom stereocenters. The maximum Gasteiger partial charge on any atom is 0.248 e. The van der Waals surface area contributed by atoms with E-state index in [1.54, 1.807) is 11.1 Å². The average molecular weight is 332 g/mol. The van der Waals surface area contributed by atoms with Crippen molar-refractivity contribution in [2.75, 3.05) is 26.8 Å². The van der Waals surface area contributed by atoms with Gasteiger partial charge >= 0.3 is 0 Å². The first kappa shape index (κ1) is 18.5. The van der Waals surface area contributed by atoms with Crippen LogP contribution in [0.1, 0.15) is 38.7 Å². The number of aromatic nitrogens is 1. The van der Waals surface area contributed by atoms with Gasteiger partial charge in [-0.2, -0.15) is 0 Å². The number of hydrogen-bond acceptors (Lipinski definition) is 4. The number of methoxy groups -OCH3 is 1. The van der Waals surface area contributed by atoms with Crippen LogP contribution in [0.5, 0.6) is 5.75 Å². The summed E-state index contributed by atoms with van der Waals surface area (Å²) in [5.41, 5.74) is 1.04. The van der Waals surface area contributed by atoms with E-state index in [1.807, 2.05) is 12.3 Å². The zero-order valence-corrected chi connectivity index (χ0v) is 14.9. The summed E-state index contributed by atoms with van der Waals surface area (Å²) in [7, 11) is 1.54. The number of carbonyl (C=O) groups is 1. The molecular formula is C19H28N2O3. The van der Waals surface area contributed by atoms with Crippen LogP contribution in [0, 0.1) is 5.92 Å². The van der Waals surface area contributed by atoms with Crippen molar-refractivity contribution < 1.29 is 14.3 Å². The molecule has 0 radical (unpaired) electrons. The summed E-state index contributed by atoms with van der Waals surface area (Å²) in [6.45, 7) is 5.91. The summed E-state index contributed by atoms with van der Waals surface area (Å²) in [5.74, 6) is 1.47. The number of pyridine rings is 1. The first-order valence-electron chi connectivity index (χ1n) is 8.67. The maximum absolute atomic E-state index is 11.8. The zero-order chi connectivity index (χ0) is 17.4. The smallest absolute Gasteiger partial charge is 0.248 e. The second-order valence-electron chi connectivity index (χ2n) is 6.41. The summed E-state index contributed by atoms with van der Waals surface area (Å²) in [6.07, 6.45) is 11.0. The van der Waals surface area contributed by atoms with E-state index in [2.05, 4.69) is 31.0 Å². The lowest BCUT2D eigenvalue weighted by Gasteiger charge is -2.16. The van der Waals surface area contributed by atoms with Crippen molar-refractivity contribution in [1.29, 1.82) is 0 Å². The minimum Gasteiger partial charge on any atom is -0.487 e. The Bertz CT molecular complexity index is 559. The Labute approximate surface area is 144 Å². The van der Waals surface area contributed by atoms with Gasteiger partial charge in [-0.15, -0.1) is 0 Å². The predicted molar refractivity (Wildman–Crippen MR) is 94.8 cm³/mol. The van der Waals surface area contributed by atoms with Crippen LogP contribution in [-0.4, -0.2) is 48.7 Å². The third kappa shape index (κ3) is 5.64. The Morgan fingerprint density at radius 1 is 1.50 bits per heavy atom. The number of ether oxygens (including phenoxy) is 2. The lowest BCUT2D eigenvalue weighted by molar-refractivity contribution is -0.134. The molecule has 1 saturated heterocycles. The molecule has 1 aliphatic rings. The molecule has 0 N–H and O–H groups in total. The molecule has 2 heterocycles. The second kappa shape index (κ2) is 9.42. The minimum atomic E-state index is 0.0171. The fourth-order valence-electron chi connectivity index (χ4n) is 2.65. The van der Waals surface area contributed by atoms with Gasteiger partial charge in [0.2, 0.25) is 5.91 Å². The first-order chi connectivity index (χ1) is 11.6. The highest BCUT2D eigenvalue weighted by Crippen LogP contribution is 2.20. The molecule has 1 aromatic rings. The highest BCUT2D eigenvalue weighted by Gasteiger charge is 2.27. The lowest BCUT2D eigenvalue weighted by Crippen LogP contribution is -2.33. The van der Waals surface area contributed by atoms with E-state index >= 15 is 0 Å². The Morgan fingerprint density at radius 2 is 2.33 bits per heavy atom. The SMILES string of the molecule is CC[C@@H](C)C/C=C/c1cncc(O[C@@H]2CCN(C(=O)COC)C2)c1. The molecule has 1 fully saturated rings. The molecule has 1 aliphatic heterocycles. The minimum absolute atomic E-state index is 0.0171. The van der Waals surface area contributed by atoms with Gasteiger partial charge in [0.1, 0.15) is 18.5 Å². The highest BCUT2D eigenvalue weighted by molar-refractivity contribution is 5.77. The van der Waals surface area contributed by atoms with Crippen LogP contribution in [0.3, 0.4) is 0 Å². The van der Waals surface area contributed by atoms with E-state index in [4.69, 9.17) is 9.47 Å². The van der Waals surface area contributed by atoms with Gasteiger partial charge in [-0.3, -0.25) is 9.78 Å². The van der Waals surface area contributed by atoms with Crippen molar-refractivity contribution in [1.82, 2.24) is 9.88 Å². The Hall–Kier alpha value is -1.88. The van der Waals surface area contributed by atoms with Gasteiger partial charge in [0.25, 0.3) is 0 Å². The molecule has 0 aromatic carbocycles. The van der Waals surface area contributed by atoms with Gasteiger partial charge in [-0.05, 0) is 24.0 Å². The molecule has 1 aromatic heterocycles. The molecule has 2 rings (SSSR count). The van der Waals surface area contributed by atoms with Gasteiger partial charge in [-0.1, -0.05) is 32.4 Å². The summed E-state index contributed by atoms with van der Waals surface area (Å²) >= 11 is 0. The maximum atomic E-state index is 11.8. The number of allylic oxidation sites excluding steroid dienone is 1. The molecular weight excluding hydrogens is 304 g/mol. The molecule has 0 aliphatic carbocycles. The van der Waals surface area contributed by atoms with Gasteiger partial charge < -0.3 is 14.4 Å². The van der Waals surface area contributed by atoms with Crippen molar-refractivity contribution >= 4 is 12.0 Å². The molecule has 24 heavy (non-hydrogen) atoms. The van der Waals surface area contributed by atoms with Crippen molar-refractivity contribution in [2.45, 2.75) is 39.2 Å². The Morgan fingerprint density at radius 3 is 3.08 bits per heavy atom. The van der Waals surface area contributed by atoms with E-state index < -0.39 is 0 Å². The van der Waals surface area contributed by atoms with E-state index in [9.17, 15) is 4.79 Å². The number of hydrogen-bond donors (Lipinski definition) is 0. The van der Waals surface area contributed by atoms with Crippen molar-refractivity contribution in [3.63, 3.8) is 0 Å². The molecule has 0 saturated carbocycles. The largest absolute Gasteiger partial charge is 0.487 e. The third-order valence-electron chi connectivity index (χ3n) is 4.35. The summed E-state index contributed by atoms with van der Waals surface area (Å²) in [5, 5.41) is 0. The standard InChI is InChI=1S/C19H28N2O3/c1-4-15(2)6-5-7-16-10-18(12-20-11-16)24-17-8-9-21(13-17)19(22)14-23-3/h5,7,10-12,15,17H,4,6,8-9,13-14H2,1-3H3/b7-5+/t15-,17-/m1/s1. The van der Waals surface area contributed by atoms with E-state index in [-0.39, 0.29) is 18.6 Å². The molecule has 5 nitrogen and oxygen atoms in total. The second-order valence-corrected chi connectivity index (χ2v) is 6.41. The fourth-order valence-corrected chi connectivity index (χ4v) is 2.65. The average Bonchev–Trinajstić information content (AvgIpc) is 3.04. The van der Waals surface area contributed by atoms with Crippen LogP contribution in [0.4, 0.5) is 0 Å². The Balaban J connectivity index is 1.87. The number of nitrogens with zero attached hydrogens (tertiary/aromatic N) is 2. The summed E-state index contributed by atoms with van der Waals surface area (Å²) in [4.78, 5) is 17.9. The molecule has 5 heteroatoms. The number of rotatable bonds is 8. The van der Waals surface area contributed by atoms with Crippen LogP contribution in [0.25, 0.3) is 6.08 Å². The normalized spacial score (nSPS) is 19.0. The van der Waals surface area contributed by atoms with Crippen LogP contribution in [-0.2, 0) is 9.53 Å². The zero-order valence-electron chi connectivity index (χ0n) is 14.9. The predicted octanol–water partition coefficient (Wildman–Crippen LogP) is 3.16. The van der Waals surface area contributed by atoms with E-state index in [0.717, 1.165) is 30.7 Å². The van der Waals surface area contributed by atoms with E-state index in [1.165, 1.54) is 13.5 Å². The van der Waals surface area contributed by atoms with Gasteiger partial charge in [0.05, 0.1) is 12.7 Å². The van der Waals surface area contributed by atoms with Gasteiger partial charge in [-0.25, -0.2) is 0 Å². The lowest BCUT2D eigenvalue weighted by atomic mass is 10.0. The highest BCUT2D eigenvalue weighted by atomic mass is 16.5. The van der Waals surface area contributed by atoms with Crippen molar-refractivity contribution in [2.24, 2.45) is 5.92 Å². The number of likely N-dealkylation sites (tertiary alicyclic amines) is 1. The summed E-state index contributed by atoms with van der Waals surface area (Å²) in [6, 6.07) is 2.00. The number of carbonyl (C=O) groups excluding carboxylic acids is 1.